The number of nitrogens with zero attached hydrogens (tertiary/aromatic N) is 1. The molecule has 5 heteroatoms. The van der Waals surface area contributed by atoms with E-state index in [9.17, 15) is 0 Å². The normalized spacial score (nSPS) is 8.40. The summed E-state index contributed by atoms with van der Waals surface area (Å²) in [5.74, 6) is 0. The molecule has 0 saturated heterocycles. The van der Waals surface area contributed by atoms with Crippen LogP contribution in [0, 0.1) is 10.1 Å². The first-order valence-electron chi connectivity index (χ1n) is 5.49. The van der Waals surface area contributed by atoms with Crippen LogP contribution in [0.5, 0.6) is 0 Å². The van der Waals surface area contributed by atoms with Gasteiger partial charge in [0, 0.05) is 0 Å². The summed E-state index contributed by atoms with van der Waals surface area (Å²) in [6.07, 6.45) is 8.11. The molecular formula is C10H23N2O2Pd+. The van der Waals surface area contributed by atoms with Gasteiger partial charge in [0.05, 0.1) is 0 Å². The summed E-state index contributed by atoms with van der Waals surface area (Å²) < 4.78 is 0. The van der Waals surface area contributed by atoms with Crippen LogP contribution in [-0.2, 0) is 20.4 Å². The molecule has 0 aromatic carbocycles. The second-order valence-electron chi connectivity index (χ2n) is 3.24. The summed E-state index contributed by atoms with van der Waals surface area (Å²) in [5, 5.41) is 12.5. The average Bonchev–Trinajstić information content (AvgIpc) is 2.18. The van der Waals surface area contributed by atoms with Crippen molar-refractivity contribution in [2.24, 2.45) is 5.34 Å². The van der Waals surface area contributed by atoms with Crippen molar-refractivity contribution in [1.29, 1.82) is 0 Å². The maximum Gasteiger partial charge on any atom is 2.00 e. The van der Waals surface area contributed by atoms with Gasteiger partial charge in [-0.2, -0.15) is 0 Å². The molecule has 4 nitrogen and oxygen atoms in total. The Labute approximate surface area is 107 Å². The van der Waals surface area contributed by atoms with Crippen molar-refractivity contribution in [3.8, 4) is 0 Å². The summed E-state index contributed by atoms with van der Waals surface area (Å²) in [4.78, 5) is 8.00. The Morgan fingerprint density at radius 1 is 1.00 bits per heavy atom. The second kappa shape index (κ2) is 23.7. The van der Waals surface area contributed by atoms with E-state index >= 15 is 0 Å². The van der Waals surface area contributed by atoms with E-state index in [1.165, 1.54) is 51.6 Å². The van der Waals surface area contributed by atoms with Gasteiger partial charge in [0.1, 0.15) is 0 Å². The van der Waals surface area contributed by atoms with Crippen LogP contribution in [0.1, 0.15) is 52.4 Å². The molecule has 1 N–H and O–H groups in total. The first kappa shape index (κ1) is 20.4. The quantitative estimate of drug-likeness (QED) is 0.324. The Morgan fingerprint density at radius 3 is 1.60 bits per heavy atom. The van der Waals surface area contributed by atoms with E-state index < -0.39 is 0 Å². The fourth-order valence-corrected chi connectivity index (χ4v) is 1.12. The third-order valence-electron chi connectivity index (χ3n) is 1.91. The summed E-state index contributed by atoms with van der Waals surface area (Å²) in [6.45, 7) is 6.93. The molecular weight excluding hydrogens is 287 g/mol. The van der Waals surface area contributed by atoms with Crippen molar-refractivity contribution in [3.05, 3.63) is 10.1 Å². The van der Waals surface area contributed by atoms with Crippen LogP contribution in [0.3, 0.4) is 0 Å². The molecule has 0 heterocycles. The van der Waals surface area contributed by atoms with Gasteiger partial charge in [-0.15, -0.1) is 5.34 Å². The van der Waals surface area contributed by atoms with Crippen LogP contribution in [0.15, 0.2) is 5.34 Å². The molecule has 0 saturated carbocycles. The summed E-state index contributed by atoms with van der Waals surface area (Å²) >= 11 is 0. The molecule has 0 spiro atoms. The van der Waals surface area contributed by atoms with Crippen LogP contribution >= 0.6 is 0 Å². The van der Waals surface area contributed by atoms with Gasteiger partial charge >= 0.3 is 20.4 Å². The van der Waals surface area contributed by atoms with Crippen LogP contribution in [0.4, 0.5) is 0 Å². The second-order valence-corrected chi connectivity index (χ2v) is 3.24. The van der Waals surface area contributed by atoms with E-state index in [-0.39, 0.29) is 20.4 Å². The smallest absolute Gasteiger partial charge is 0.444 e. The van der Waals surface area contributed by atoms with Crippen molar-refractivity contribution in [3.63, 3.8) is 0 Å². The minimum absolute atomic E-state index is 0. The number of hydrogen-bond acceptors (Lipinski definition) is 4. The minimum Gasteiger partial charge on any atom is -0.444 e. The first-order valence-corrected chi connectivity index (χ1v) is 5.49. The maximum absolute atomic E-state index is 8.00. The van der Waals surface area contributed by atoms with Crippen LogP contribution in [-0.4, -0.2) is 13.1 Å². The molecule has 0 amide bonds. The SMILES string of the molecule is CCCCCNCCCCC.O=N[O-].[Pd+2]. The van der Waals surface area contributed by atoms with Gasteiger partial charge < -0.3 is 15.4 Å². The van der Waals surface area contributed by atoms with Gasteiger partial charge in [0.2, 0.25) is 0 Å². The Kier molecular flexibility index (Phi) is 32.3. The van der Waals surface area contributed by atoms with E-state index in [2.05, 4.69) is 19.2 Å². The Balaban J connectivity index is -0.000000320. The molecule has 0 rings (SSSR count). The molecule has 0 bridgehead atoms. The molecule has 0 unspecified atom stereocenters. The maximum atomic E-state index is 8.00. The number of unbranched alkanes of at least 4 members (excludes halogenated alkanes) is 4. The van der Waals surface area contributed by atoms with E-state index in [4.69, 9.17) is 10.1 Å². The van der Waals surface area contributed by atoms with E-state index in [1.54, 1.807) is 0 Å². The van der Waals surface area contributed by atoms with E-state index in [0.717, 1.165) is 5.34 Å². The zero-order chi connectivity index (χ0) is 11.1. The minimum atomic E-state index is 0. The van der Waals surface area contributed by atoms with Crippen molar-refractivity contribution in [2.75, 3.05) is 13.1 Å². The van der Waals surface area contributed by atoms with E-state index in [1.807, 2.05) is 0 Å². The summed E-state index contributed by atoms with van der Waals surface area (Å²) in [5.41, 5.74) is 0. The standard InChI is InChI=1S/C10H23N.HNO2.Pd/c1-3-5-7-9-11-10-8-6-4-2;2-1-3;/h11H,3-10H2,1-2H3;(H,2,3);/q;;+2/p-1. The average molecular weight is 310 g/mol. The Morgan fingerprint density at radius 2 is 1.33 bits per heavy atom. The fourth-order valence-electron chi connectivity index (χ4n) is 1.12. The van der Waals surface area contributed by atoms with Crippen molar-refractivity contribution >= 4 is 0 Å². The Bertz CT molecular complexity index is 97.4. The van der Waals surface area contributed by atoms with Crippen LogP contribution < -0.4 is 5.32 Å². The molecule has 0 fully saturated rings. The molecule has 0 aromatic rings. The fraction of sp³-hybridized carbons (Fsp3) is 1.00. The zero-order valence-corrected chi connectivity index (χ0v) is 11.3. The molecule has 0 atom stereocenters. The molecule has 0 aromatic heterocycles. The Hall–Kier alpha value is 0.0223. The third-order valence-corrected chi connectivity index (χ3v) is 1.91. The number of nitrogens with one attached hydrogen (secondary N) is 1. The predicted octanol–water partition coefficient (Wildman–Crippen LogP) is 3.20. The topological polar surface area (TPSA) is 64.5 Å². The van der Waals surface area contributed by atoms with Gasteiger partial charge in [-0.25, -0.2) is 0 Å². The van der Waals surface area contributed by atoms with Gasteiger partial charge in [-0.05, 0) is 25.9 Å². The van der Waals surface area contributed by atoms with Gasteiger partial charge in [-0.1, -0.05) is 39.5 Å². The van der Waals surface area contributed by atoms with Crippen LogP contribution in [0.25, 0.3) is 0 Å². The largest absolute Gasteiger partial charge is 2.00 e. The molecule has 0 aliphatic heterocycles. The first-order chi connectivity index (χ1) is 6.83. The molecule has 15 heavy (non-hydrogen) atoms. The van der Waals surface area contributed by atoms with Crippen molar-refractivity contribution in [1.82, 2.24) is 5.32 Å². The third kappa shape index (κ3) is 31.5. The monoisotopic (exact) mass is 309 g/mol. The van der Waals surface area contributed by atoms with Crippen LogP contribution in [0.2, 0.25) is 0 Å². The van der Waals surface area contributed by atoms with Crippen molar-refractivity contribution < 1.29 is 20.4 Å². The molecule has 94 valence electrons. The van der Waals surface area contributed by atoms with E-state index in [0.29, 0.717) is 0 Å². The van der Waals surface area contributed by atoms with Gasteiger partial charge in [0.25, 0.3) is 0 Å². The van der Waals surface area contributed by atoms with Gasteiger partial charge in [-0.3, -0.25) is 0 Å². The molecule has 0 aliphatic carbocycles. The summed E-state index contributed by atoms with van der Waals surface area (Å²) in [7, 11) is 0. The van der Waals surface area contributed by atoms with Crippen molar-refractivity contribution in [2.45, 2.75) is 52.4 Å². The predicted molar refractivity (Wildman–Crippen MR) is 61.1 cm³/mol. The molecule has 0 aliphatic rings. The zero-order valence-electron chi connectivity index (χ0n) is 9.74. The number of hydrogen-bond donors (Lipinski definition) is 1. The van der Waals surface area contributed by atoms with Gasteiger partial charge in [0.15, 0.2) is 0 Å². The number of rotatable bonds is 8. The molecule has 0 radical (unpaired) electrons. The summed E-state index contributed by atoms with van der Waals surface area (Å²) in [6, 6.07) is 0.